The molecule has 0 spiro atoms. The minimum atomic E-state index is 0.897. The van der Waals surface area contributed by atoms with E-state index in [2.05, 4.69) is 61.5 Å². The third-order valence-electron chi connectivity index (χ3n) is 3.40. The first-order valence-electron chi connectivity index (χ1n) is 6.41. The minimum absolute atomic E-state index is 0.897. The molecule has 3 aromatic carbocycles. The monoisotopic (exact) mass is 248 g/mol. The van der Waals surface area contributed by atoms with Crippen LogP contribution in [0.2, 0.25) is 0 Å². The van der Waals surface area contributed by atoms with Gasteiger partial charge in [0, 0.05) is 0 Å². The maximum Gasteiger partial charge on any atom is 0.119 e. The SMILES string of the molecule is COc1ccc2ccc(-c3cccc(C)c3)cc2c1. The maximum atomic E-state index is 5.29. The van der Waals surface area contributed by atoms with Crippen molar-refractivity contribution in [3.05, 3.63) is 66.2 Å². The fourth-order valence-corrected chi connectivity index (χ4v) is 2.36. The fourth-order valence-electron chi connectivity index (χ4n) is 2.36. The first-order valence-corrected chi connectivity index (χ1v) is 6.41. The molecule has 0 saturated heterocycles. The maximum absolute atomic E-state index is 5.29. The number of aryl methyl sites for hydroxylation is 1. The summed E-state index contributed by atoms with van der Waals surface area (Å²) in [6.45, 7) is 2.12. The van der Waals surface area contributed by atoms with Crippen molar-refractivity contribution >= 4 is 10.8 Å². The van der Waals surface area contributed by atoms with Crippen molar-refractivity contribution in [2.75, 3.05) is 7.11 Å². The summed E-state index contributed by atoms with van der Waals surface area (Å²) in [5, 5.41) is 2.44. The lowest BCUT2D eigenvalue weighted by molar-refractivity contribution is 0.415. The van der Waals surface area contributed by atoms with Crippen LogP contribution in [0.15, 0.2) is 60.7 Å². The molecule has 1 nitrogen and oxygen atoms in total. The Morgan fingerprint density at radius 3 is 2.32 bits per heavy atom. The lowest BCUT2D eigenvalue weighted by Gasteiger charge is -2.07. The molecule has 0 N–H and O–H groups in total. The van der Waals surface area contributed by atoms with Gasteiger partial charge in [-0.3, -0.25) is 0 Å². The standard InChI is InChI=1S/C18H16O/c1-13-4-3-5-15(10-13)16-7-6-14-8-9-18(19-2)12-17(14)11-16/h3-12H,1-2H3. The van der Waals surface area contributed by atoms with E-state index >= 15 is 0 Å². The Hall–Kier alpha value is -2.28. The zero-order valence-electron chi connectivity index (χ0n) is 11.2. The summed E-state index contributed by atoms with van der Waals surface area (Å²) in [6, 6.07) is 21.3. The molecular formula is C18H16O. The molecule has 0 bridgehead atoms. The number of fused-ring (bicyclic) bond motifs is 1. The van der Waals surface area contributed by atoms with Crippen molar-refractivity contribution in [3.63, 3.8) is 0 Å². The first-order chi connectivity index (χ1) is 9.26. The van der Waals surface area contributed by atoms with E-state index in [0.717, 1.165) is 5.75 Å². The quantitative estimate of drug-likeness (QED) is 0.631. The summed E-state index contributed by atoms with van der Waals surface area (Å²) in [7, 11) is 1.70. The normalized spacial score (nSPS) is 10.6. The summed E-state index contributed by atoms with van der Waals surface area (Å²) in [6.07, 6.45) is 0. The largest absolute Gasteiger partial charge is 0.497 e. The van der Waals surface area contributed by atoms with E-state index in [1.165, 1.54) is 27.5 Å². The number of rotatable bonds is 2. The second-order valence-corrected chi connectivity index (χ2v) is 4.80. The van der Waals surface area contributed by atoms with Gasteiger partial charge >= 0.3 is 0 Å². The molecule has 0 aliphatic rings. The van der Waals surface area contributed by atoms with Crippen LogP contribution in [0.3, 0.4) is 0 Å². The van der Waals surface area contributed by atoms with E-state index in [4.69, 9.17) is 4.74 Å². The molecule has 0 radical (unpaired) electrons. The molecule has 0 saturated carbocycles. The Labute approximate surface area is 113 Å². The lowest BCUT2D eigenvalue weighted by Crippen LogP contribution is -1.84. The van der Waals surface area contributed by atoms with Crippen LogP contribution in [-0.2, 0) is 0 Å². The molecule has 3 aromatic rings. The fraction of sp³-hybridized carbons (Fsp3) is 0.111. The Kier molecular flexibility index (Phi) is 2.96. The number of benzene rings is 3. The van der Waals surface area contributed by atoms with Gasteiger partial charge in [0.1, 0.15) is 5.75 Å². The van der Waals surface area contributed by atoms with E-state index in [0.29, 0.717) is 0 Å². The summed E-state index contributed by atoms with van der Waals surface area (Å²) in [5.74, 6) is 0.897. The zero-order chi connectivity index (χ0) is 13.2. The summed E-state index contributed by atoms with van der Waals surface area (Å²) >= 11 is 0. The van der Waals surface area contributed by atoms with Crippen LogP contribution in [0, 0.1) is 6.92 Å². The highest BCUT2D eigenvalue weighted by molar-refractivity contribution is 5.88. The number of hydrogen-bond acceptors (Lipinski definition) is 1. The molecule has 0 amide bonds. The highest BCUT2D eigenvalue weighted by Gasteiger charge is 2.01. The topological polar surface area (TPSA) is 9.23 Å². The second kappa shape index (κ2) is 4.77. The first kappa shape index (κ1) is 11.8. The van der Waals surface area contributed by atoms with Crippen LogP contribution in [0.1, 0.15) is 5.56 Å². The van der Waals surface area contributed by atoms with Crippen molar-refractivity contribution in [2.24, 2.45) is 0 Å². The highest BCUT2D eigenvalue weighted by atomic mass is 16.5. The van der Waals surface area contributed by atoms with Crippen molar-refractivity contribution in [1.82, 2.24) is 0 Å². The van der Waals surface area contributed by atoms with Gasteiger partial charge in [0.05, 0.1) is 7.11 Å². The summed E-state index contributed by atoms with van der Waals surface area (Å²) in [4.78, 5) is 0. The van der Waals surface area contributed by atoms with Crippen LogP contribution >= 0.6 is 0 Å². The number of methoxy groups -OCH3 is 1. The minimum Gasteiger partial charge on any atom is -0.497 e. The molecule has 1 heteroatoms. The van der Waals surface area contributed by atoms with Crippen molar-refractivity contribution < 1.29 is 4.74 Å². The summed E-state index contributed by atoms with van der Waals surface area (Å²) < 4.78 is 5.29. The van der Waals surface area contributed by atoms with Gasteiger partial charge in [-0.15, -0.1) is 0 Å². The van der Waals surface area contributed by atoms with Gasteiger partial charge in [-0.25, -0.2) is 0 Å². The molecule has 0 fully saturated rings. The molecule has 0 aliphatic carbocycles. The van der Waals surface area contributed by atoms with Gasteiger partial charge in [0.2, 0.25) is 0 Å². The predicted molar refractivity (Wildman–Crippen MR) is 80.7 cm³/mol. The van der Waals surface area contributed by atoms with Crippen LogP contribution in [0.4, 0.5) is 0 Å². The van der Waals surface area contributed by atoms with Crippen LogP contribution in [-0.4, -0.2) is 7.11 Å². The van der Waals surface area contributed by atoms with Crippen LogP contribution in [0.25, 0.3) is 21.9 Å². The van der Waals surface area contributed by atoms with Gasteiger partial charge in [-0.2, -0.15) is 0 Å². The van der Waals surface area contributed by atoms with E-state index in [1.807, 2.05) is 6.07 Å². The second-order valence-electron chi connectivity index (χ2n) is 4.80. The lowest BCUT2D eigenvalue weighted by atomic mass is 10.00. The van der Waals surface area contributed by atoms with Gasteiger partial charge in [-0.1, -0.05) is 48.0 Å². The third-order valence-corrected chi connectivity index (χ3v) is 3.40. The Morgan fingerprint density at radius 1 is 0.737 bits per heavy atom. The number of hydrogen-bond donors (Lipinski definition) is 0. The Morgan fingerprint density at radius 2 is 1.53 bits per heavy atom. The molecule has 3 rings (SSSR count). The smallest absolute Gasteiger partial charge is 0.119 e. The molecule has 0 heterocycles. The number of ether oxygens (including phenoxy) is 1. The Balaban J connectivity index is 2.15. The van der Waals surface area contributed by atoms with Crippen molar-refractivity contribution in [3.8, 4) is 16.9 Å². The molecule has 19 heavy (non-hydrogen) atoms. The van der Waals surface area contributed by atoms with Gasteiger partial charge in [0.15, 0.2) is 0 Å². The van der Waals surface area contributed by atoms with Crippen LogP contribution in [0.5, 0.6) is 5.75 Å². The van der Waals surface area contributed by atoms with Crippen LogP contribution < -0.4 is 4.74 Å². The Bertz CT molecular complexity index is 729. The van der Waals surface area contributed by atoms with E-state index in [9.17, 15) is 0 Å². The molecule has 94 valence electrons. The average molecular weight is 248 g/mol. The van der Waals surface area contributed by atoms with E-state index < -0.39 is 0 Å². The average Bonchev–Trinajstić information content (AvgIpc) is 2.46. The van der Waals surface area contributed by atoms with Gasteiger partial charge in [0.25, 0.3) is 0 Å². The third kappa shape index (κ3) is 2.32. The van der Waals surface area contributed by atoms with Crippen molar-refractivity contribution in [1.29, 1.82) is 0 Å². The predicted octanol–water partition coefficient (Wildman–Crippen LogP) is 4.82. The van der Waals surface area contributed by atoms with E-state index in [1.54, 1.807) is 7.11 Å². The van der Waals surface area contributed by atoms with E-state index in [-0.39, 0.29) is 0 Å². The molecule has 0 aliphatic heterocycles. The molecule has 0 aromatic heterocycles. The van der Waals surface area contributed by atoms with Crippen molar-refractivity contribution in [2.45, 2.75) is 6.92 Å². The van der Waals surface area contributed by atoms with Gasteiger partial charge in [-0.05, 0) is 47.0 Å². The van der Waals surface area contributed by atoms with Gasteiger partial charge < -0.3 is 4.74 Å². The zero-order valence-corrected chi connectivity index (χ0v) is 11.2. The molecular weight excluding hydrogens is 232 g/mol. The summed E-state index contributed by atoms with van der Waals surface area (Å²) in [5.41, 5.74) is 3.78. The highest BCUT2D eigenvalue weighted by Crippen LogP contribution is 2.27. The molecule has 0 atom stereocenters. The molecule has 0 unspecified atom stereocenters.